The summed E-state index contributed by atoms with van der Waals surface area (Å²) < 4.78 is 0. The predicted molar refractivity (Wildman–Crippen MR) is 105 cm³/mol. The summed E-state index contributed by atoms with van der Waals surface area (Å²) in [6.45, 7) is 0.814. The van der Waals surface area contributed by atoms with Gasteiger partial charge in [-0.1, -0.05) is 18.2 Å². The van der Waals surface area contributed by atoms with Gasteiger partial charge < -0.3 is 10.0 Å². The molecule has 1 aromatic carbocycles. The molecule has 28 heavy (non-hydrogen) atoms. The fraction of sp³-hybridized carbons (Fsp3) is 0.238. The molecule has 1 aliphatic heterocycles. The van der Waals surface area contributed by atoms with Crippen LogP contribution in [0.3, 0.4) is 0 Å². The van der Waals surface area contributed by atoms with E-state index >= 15 is 0 Å². The van der Waals surface area contributed by atoms with E-state index in [0.29, 0.717) is 30.9 Å². The van der Waals surface area contributed by atoms with E-state index in [1.165, 1.54) is 0 Å². The Morgan fingerprint density at radius 2 is 2.07 bits per heavy atom. The zero-order valence-corrected chi connectivity index (χ0v) is 15.1. The number of fused-ring (bicyclic) bond motifs is 2. The number of aliphatic hydroxyl groups is 1. The number of hydrogen-bond acceptors (Lipinski definition) is 5. The van der Waals surface area contributed by atoms with Gasteiger partial charge in [0.2, 0.25) is 0 Å². The first-order valence-electron chi connectivity index (χ1n) is 9.29. The third-order valence-electron chi connectivity index (χ3n) is 5.43. The van der Waals surface area contributed by atoms with Crippen molar-refractivity contribution in [1.82, 2.24) is 25.1 Å². The van der Waals surface area contributed by atoms with E-state index < -0.39 is 6.10 Å². The molecule has 0 spiro atoms. The maximum Gasteiger partial charge on any atom is 0.272 e. The predicted octanol–water partition coefficient (Wildman–Crippen LogP) is 2.18. The molecule has 0 aliphatic carbocycles. The SMILES string of the molecule is O=C(c1ccc2cn[nH]c2n1)N1C[C@@H](Cc2ccnc3ccccc23)[C@@H](O)C1. The number of benzene rings is 1. The van der Waals surface area contributed by atoms with Gasteiger partial charge in [-0.25, -0.2) is 4.98 Å². The van der Waals surface area contributed by atoms with E-state index in [4.69, 9.17) is 0 Å². The van der Waals surface area contributed by atoms with Gasteiger partial charge in [0.15, 0.2) is 5.65 Å². The highest BCUT2D eigenvalue weighted by molar-refractivity contribution is 5.94. The quantitative estimate of drug-likeness (QED) is 0.574. The molecule has 4 aromatic rings. The summed E-state index contributed by atoms with van der Waals surface area (Å²) >= 11 is 0. The minimum atomic E-state index is -0.563. The van der Waals surface area contributed by atoms with Crippen LogP contribution in [0.15, 0.2) is 54.9 Å². The van der Waals surface area contributed by atoms with E-state index in [1.807, 2.05) is 36.4 Å². The number of para-hydroxylation sites is 1. The summed E-state index contributed by atoms with van der Waals surface area (Å²) in [5, 5.41) is 19.3. The van der Waals surface area contributed by atoms with E-state index in [-0.39, 0.29) is 11.8 Å². The van der Waals surface area contributed by atoms with Crippen LogP contribution in [0.5, 0.6) is 0 Å². The molecular weight excluding hydrogens is 354 g/mol. The van der Waals surface area contributed by atoms with Gasteiger partial charge in [0.25, 0.3) is 5.91 Å². The summed E-state index contributed by atoms with van der Waals surface area (Å²) in [6, 6.07) is 13.5. The number of nitrogens with one attached hydrogen (secondary N) is 1. The normalized spacial score (nSPS) is 19.5. The first kappa shape index (κ1) is 16.8. The molecule has 3 aromatic heterocycles. The number of H-pyrrole nitrogens is 1. The first-order valence-corrected chi connectivity index (χ1v) is 9.29. The van der Waals surface area contributed by atoms with Crippen LogP contribution in [-0.2, 0) is 6.42 Å². The van der Waals surface area contributed by atoms with Crippen LogP contribution >= 0.6 is 0 Å². The number of carbonyl (C=O) groups excluding carboxylic acids is 1. The number of carbonyl (C=O) groups is 1. The van der Waals surface area contributed by atoms with Crippen LogP contribution in [0.25, 0.3) is 21.9 Å². The molecule has 0 radical (unpaired) electrons. The molecule has 4 heterocycles. The van der Waals surface area contributed by atoms with Gasteiger partial charge >= 0.3 is 0 Å². The van der Waals surface area contributed by atoms with Crippen LogP contribution in [-0.4, -0.2) is 55.3 Å². The second-order valence-corrected chi connectivity index (χ2v) is 7.23. The third-order valence-corrected chi connectivity index (χ3v) is 5.43. The second kappa shape index (κ2) is 6.69. The number of hydrogen-bond donors (Lipinski definition) is 2. The van der Waals surface area contributed by atoms with E-state index in [2.05, 4.69) is 20.2 Å². The van der Waals surface area contributed by atoms with Gasteiger partial charge in [0.1, 0.15) is 5.69 Å². The van der Waals surface area contributed by atoms with Crippen molar-refractivity contribution in [3.63, 3.8) is 0 Å². The van der Waals surface area contributed by atoms with Gasteiger partial charge in [0.05, 0.1) is 17.8 Å². The smallest absolute Gasteiger partial charge is 0.272 e. The van der Waals surface area contributed by atoms with Crippen molar-refractivity contribution in [2.75, 3.05) is 13.1 Å². The molecule has 1 saturated heterocycles. The van der Waals surface area contributed by atoms with Crippen LogP contribution in [0.2, 0.25) is 0 Å². The van der Waals surface area contributed by atoms with Crippen LogP contribution < -0.4 is 0 Å². The number of nitrogens with zero attached hydrogens (tertiary/aromatic N) is 4. The molecule has 7 heteroatoms. The molecule has 140 valence electrons. The minimum Gasteiger partial charge on any atom is -0.391 e. The summed E-state index contributed by atoms with van der Waals surface area (Å²) in [4.78, 5) is 23.3. The summed E-state index contributed by atoms with van der Waals surface area (Å²) in [5.41, 5.74) is 3.03. The lowest BCUT2D eigenvalue weighted by Gasteiger charge is -2.16. The van der Waals surface area contributed by atoms with E-state index in [9.17, 15) is 9.90 Å². The maximum absolute atomic E-state index is 12.9. The highest BCUT2D eigenvalue weighted by atomic mass is 16.3. The van der Waals surface area contributed by atoms with Crippen LogP contribution in [0, 0.1) is 5.92 Å². The Labute approximate surface area is 161 Å². The Hall–Kier alpha value is -3.32. The molecule has 5 rings (SSSR count). The highest BCUT2D eigenvalue weighted by Gasteiger charge is 2.35. The third kappa shape index (κ3) is 2.90. The maximum atomic E-state index is 12.9. The molecule has 1 aliphatic rings. The van der Waals surface area contributed by atoms with Crippen LogP contribution in [0.1, 0.15) is 16.1 Å². The van der Waals surface area contributed by atoms with Gasteiger partial charge in [0, 0.05) is 36.0 Å². The summed E-state index contributed by atoms with van der Waals surface area (Å²) in [5.74, 6) is -0.191. The number of amides is 1. The number of aromatic amines is 1. The minimum absolute atomic E-state index is 0.0226. The van der Waals surface area contributed by atoms with Crippen molar-refractivity contribution in [2.24, 2.45) is 5.92 Å². The average molecular weight is 373 g/mol. The first-order chi connectivity index (χ1) is 13.7. The topological polar surface area (TPSA) is 95.0 Å². The van der Waals surface area contributed by atoms with Gasteiger partial charge in [-0.05, 0) is 36.2 Å². The lowest BCUT2D eigenvalue weighted by atomic mass is 9.94. The molecular formula is C21H19N5O2. The molecule has 1 fully saturated rings. The van der Waals surface area contributed by atoms with Crippen molar-refractivity contribution in [3.8, 4) is 0 Å². The number of likely N-dealkylation sites (tertiary alicyclic amines) is 1. The fourth-order valence-corrected chi connectivity index (χ4v) is 3.94. The van der Waals surface area contributed by atoms with Gasteiger partial charge in [-0.15, -0.1) is 0 Å². The lowest BCUT2D eigenvalue weighted by Crippen LogP contribution is -2.30. The molecule has 2 N–H and O–H groups in total. The van der Waals surface area contributed by atoms with E-state index in [1.54, 1.807) is 23.4 Å². The summed E-state index contributed by atoms with van der Waals surface area (Å²) in [7, 11) is 0. The zero-order valence-electron chi connectivity index (χ0n) is 15.1. The van der Waals surface area contributed by atoms with Crippen LogP contribution in [0.4, 0.5) is 0 Å². The van der Waals surface area contributed by atoms with Crippen molar-refractivity contribution in [3.05, 3.63) is 66.1 Å². The van der Waals surface area contributed by atoms with Crippen molar-refractivity contribution in [1.29, 1.82) is 0 Å². The molecule has 0 bridgehead atoms. The van der Waals surface area contributed by atoms with Gasteiger partial charge in [-0.3, -0.25) is 14.9 Å². The standard InChI is InChI=1S/C21H19N5O2/c27-19-12-26(21(28)18-6-5-14-10-23-25-20(14)24-18)11-15(19)9-13-7-8-22-17-4-2-1-3-16(13)17/h1-8,10,15,19,27H,9,11-12H2,(H,23,24,25)/t15-,19+/m1/s1. The molecule has 2 atom stereocenters. The van der Waals surface area contributed by atoms with Crippen molar-refractivity contribution in [2.45, 2.75) is 12.5 Å². The number of rotatable bonds is 3. The van der Waals surface area contributed by atoms with Gasteiger partial charge in [-0.2, -0.15) is 5.10 Å². The fourth-order valence-electron chi connectivity index (χ4n) is 3.94. The lowest BCUT2D eigenvalue weighted by molar-refractivity contribution is 0.0759. The number of pyridine rings is 2. The average Bonchev–Trinajstić information content (AvgIpc) is 3.34. The van der Waals surface area contributed by atoms with E-state index in [0.717, 1.165) is 21.9 Å². The Balaban J connectivity index is 1.36. The number of β-amino-alcohol motifs (C(OH)–C–C–N with tert-alkyl or cyclic N) is 1. The highest BCUT2D eigenvalue weighted by Crippen LogP contribution is 2.26. The molecule has 7 nitrogen and oxygen atoms in total. The number of aromatic nitrogens is 4. The monoisotopic (exact) mass is 373 g/mol. The second-order valence-electron chi connectivity index (χ2n) is 7.23. The zero-order chi connectivity index (χ0) is 19.1. The van der Waals surface area contributed by atoms with Crippen molar-refractivity contribution >= 4 is 27.8 Å². The Bertz CT molecular complexity index is 1170. The number of aliphatic hydroxyl groups excluding tert-OH is 1. The largest absolute Gasteiger partial charge is 0.391 e. The molecule has 0 saturated carbocycles. The summed E-state index contributed by atoms with van der Waals surface area (Å²) in [6.07, 6.45) is 3.60. The Morgan fingerprint density at radius 3 is 3.00 bits per heavy atom. The van der Waals surface area contributed by atoms with Crippen molar-refractivity contribution < 1.29 is 9.90 Å². The Kier molecular flexibility index (Phi) is 4.02. The Morgan fingerprint density at radius 1 is 1.18 bits per heavy atom. The molecule has 1 amide bonds. The molecule has 0 unspecified atom stereocenters.